The number of hydrogen-bond donors (Lipinski definition) is 4. The van der Waals surface area contributed by atoms with E-state index in [0.717, 1.165) is 53.4 Å². The number of nitrogens with two attached hydrogens (primary N) is 1. The minimum Gasteiger partial charge on any atom is -0.465 e. The van der Waals surface area contributed by atoms with Crippen LogP contribution in [0.4, 0.5) is 4.79 Å². The lowest BCUT2D eigenvalue weighted by molar-refractivity contribution is 0.0942. The SMILES string of the molecule is NCc1ccc(-c2cc(C(=O)NCC3CCC(CNC(=O)O)CC3)c3ccccc3n2)cc1. The predicted octanol–water partition coefficient (Wildman–Crippen LogP) is 4.16. The Morgan fingerprint density at radius 1 is 0.939 bits per heavy atom. The number of pyridine rings is 1. The Bertz CT molecular complexity index is 1120. The van der Waals surface area contributed by atoms with Gasteiger partial charge in [0.2, 0.25) is 0 Å². The normalized spacial score (nSPS) is 18.1. The summed E-state index contributed by atoms with van der Waals surface area (Å²) in [5.41, 5.74) is 9.87. The quantitative estimate of drug-likeness (QED) is 0.435. The molecule has 1 aliphatic rings. The molecule has 1 aromatic heterocycles. The number of amides is 2. The molecule has 1 saturated carbocycles. The van der Waals surface area contributed by atoms with Crippen LogP contribution in [0.1, 0.15) is 41.6 Å². The number of hydrogen-bond acceptors (Lipinski definition) is 4. The number of nitrogens with one attached hydrogen (secondary N) is 2. The number of fused-ring (bicyclic) bond motifs is 1. The number of carbonyl (C=O) groups excluding carboxylic acids is 1. The molecule has 1 aliphatic carbocycles. The Labute approximate surface area is 193 Å². The maximum absolute atomic E-state index is 13.2. The Morgan fingerprint density at radius 3 is 2.21 bits per heavy atom. The molecule has 1 fully saturated rings. The lowest BCUT2D eigenvalue weighted by atomic mass is 9.82. The molecule has 172 valence electrons. The third kappa shape index (κ3) is 5.68. The van der Waals surface area contributed by atoms with Gasteiger partial charge in [0.1, 0.15) is 0 Å². The van der Waals surface area contributed by atoms with Gasteiger partial charge in [-0.3, -0.25) is 4.79 Å². The molecular formula is C26H30N4O3. The van der Waals surface area contributed by atoms with E-state index in [-0.39, 0.29) is 5.91 Å². The molecule has 7 nitrogen and oxygen atoms in total. The highest BCUT2D eigenvalue weighted by molar-refractivity contribution is 6.07. The fourth-order valence-electron chi connectivity index (χ4n) is 4.53. The van der Waals surface area contributed by atoms with Gasteiger partial charge in [-0.05, 0) is 55.2 Å². The van der Waals surface area contributed by atoms with E-state index >= 15 is 0 Å². The van der Waals surface area contributed by atoms with Crippen LogP contribution >= 0.6 is 0 Å². The van der Waals surface area contributed by atoms with E-state index in [4.69, 9.17) is 15.8 Å². The van der Waals surface area contributed by atoms with Crippen molar-refractivity contribution in [3.8, 4) is 11.3 Å². The highest BCUT2D eigenvalue weighted by Gasteiger charge is 2.22. The molecule has 1 heterocycles. The van der Waals surface area contributed by atoms with Gasteiger partial charge in [0.15, 0.2) is 0 Å². The maximum Gasteiger partial charge on any atom is 0.404 e. The molecule has 4 rings (SSSR count). The van der Waals surface area contributed by atoms with E-state index in [1.165, 1.54) is 0 Å². The van der Waals surface area contributed by atoms with Gasteiger partial charge in [-0.2, -0.15) is 0 Å². The summed E-state index contributed by atoms with van der Waals surface area (Å²) in [5.74, 6) is 0.694. The molecule has 0 spiro atoms. The standard InChI is InChI=1S/C26H30N4O3/c27-14-17-9-11-20(12-10-17)24-13-22(21-3-1-2-4-23(21)30-24)25(31)28-15-18-5-7-19(8-6-18)16-29-26(32)33/h1-4,9-13,18-19,29H,5-8,14-16,27H2,(H,28,31)(H,32,33). The van der Waals surface area contributed by atoms with E-state index in [2.05, 4.69) is 10.6 Å². The minimum absolute atomic E-state index is 0.0944. The zero-order valence-electron chi connectivity index (χ0n) is 18.6. The second kappa shape index (κ2) is 10.4. The van der Waals surface area contributed by atoms with Crippen molar-refractivity contribution in [2.24, 2.45) is 17.6 Å². The van der Waals surface area contributed by atoms with Gasteiger partial charge < -0.3 is 21.5 Å². The van der Waals surface area contributed by atoms with Crippen molar-refractivity contribution < 1.29 is 14.7 Å². The number of nitrogens with zero attached hydrogens (tertiary/aromatic N) is 1. The van der Waals surface area contributed by atoms with Crippen LogP contribution in [0, 0.1) is 11.8 Å². The first-order valence-corrected chi connectivity index (χ1v) is 11.5. The van der Waals surface area contributed by atoms with Gasteiger partial charge in [0, 0.05) is 30.6 Å². The largest absolute Gasteiger partial charge is 0.465 e. The van der Waals surface area contributed by atoms with E-state index in [9.17, 15) is 9.59 Å². The van der Waals surface area contributed by atoms with Crippen molar-refractivity contribution in [3.05, 3.63) is 65.7 Å². The summed E-state index contributed by atoms with van der Waals surface area (Å²) in [7, 11) is 0. The summed E-state index contributed by atoms with van der Waals surface area (Å²) in [6, 6.07) is 17.5. The third-order valence-electron chi connectivity index (χ3n) is 6.51. The monoisotopic (exact) mass is 446 g/mol. The highest BCUT2D eigenvalue weighted by atomic mass is 16.4. The molecular weight excluding hydrogens is 416 g/mol. The van der Waals surface area contributed by atoms with Crippen molar-refractivity contribution in [2.75, 3.05) is 13.1 Å². The molecule has 0 bridgehead atoms. The summed E-state index contributed by atoms with van der Waals surface area (Å²) < 4.78 is 0. The zero-order chi connectivity index (χ0) is 23.2. The molecule has 0 atom stereocenters. The average Bonchev–Trinajstić information content (AvgIpc) is 2.86. The Kier molecular flexibility index (Phi) is 7.19. The van der Waals surface area contributed by atoms with Crippen LogP contribution in [0.2, 0.25) is 0 Å². The van der Waals surface area contributed by atoms with Crippen molar-refractivity contribution in [3.63, 3.8) is 0 Å². The molecule has 0 unspecified atom stereocenters. The summed E-state index contributed by atoms with van der Waals surface area (Å²) in [6.07, 6.45) is 2.96. The Morgan fingerprint density at radius 2 is 1.58 bits per heavy atom. The van der Waals surface area contributed by atoms with Gasteiger partial charge in [-0.25, -0.2) is 9.78 Å². The highest BCUT2D eigenvalue weighted by Crippen LogP contribution is 2.29. The van der Waals surface area contributed by atoms with Crippen LogP contribution in [-0.4, -0.2) is 35.2 Å². The maximum atomic E-state index is 13.2. The fraction of sp³-hybridized carbons (Fsp3) is 0.346. The van der Waals surface area contributed by atoms with E-state index in [1.54, 1.807) is 0 Å². The Balaban J connectivity index is 1.46. The number of carbonyl (C=O) groups is 2. The molecule has 5 N–H and O–H groups in total. The van der Waals surface area contributed by atoms with E-state index in [0.29, 0.717) is 37.0 Å². The van der Waals surface area contributed by atoms with Gasteiger partial charge in [-0.15, -0.1) is 0 Å². The first-order chi connectivity index (χ1) is 16.0. The average molecular weight is 447 g/mol. The molecule has 3 aromatic rings. The molecule has 2 amide bonds. The number of carboxylic acid groups (broad SMARTS) is 1. The minimum atomic E-state index is -0.969. The number of aromatic nitrogens is 1. The number of rotatable bonds is 7. The second-order valence-corrected chi connectivity index (χ2v) is 8.76. The summed E-state index contributed by atoms with van der Waals surface area (Å²) >= 11 is 0. The van der Waals surface area contributed by atoms with Crippen LogP contribution in [0.15, 0.2) is 54.6 Å². The summed E-state index contributed by atoms with van der Waals surface area (Å²) in [5, 5.41) is 15.2. The van der Waals surface area contributed by atoms with Gasteiger partial charge in [0.05, 0.1) is 16.8 Å². The first-order valence-electron chi connectivity index (χ1n) is 11.5. The third-order valence-corrected chi connectivity index (χ3v) is 6.51. The van der Waals surface area contributed by atoms with Crippen molar-refractivity contribution >= 4 is 22.9 Å². The summed E-state index contributed by atoms with van der Waals surface area (Å²) in [6.45, 7) is 1.61. The van der Waals surface area contributed by atoms with Crippen LogP contribution in [0.3, 0.4) is 0 Å². The second-order valence-electron chi connectivity index (χ2n) is 8.76. The molecule has 0 aliphatic heterocycles. The van der Waals surface area contributed by atoms with Gasteiger partial charge in [0.25, 0.3) is 5.91 Å². The zero-order valence-corrected chi connectivity index (χ0v) is 18.6. The molecule has 33 heavy (non-hydrogen) atoms. The molecule has 0 radical (unpaired) electrons. The fourth-order valence-corrected chi connectivity index (χ4v) is 4.53. The van der Waals surface area contributed by atoms with Gasteiger partial charge >= 0.3 is 6.09 Å². The van der Waals surface area contributed by atoms with E-state index < -0.39 is 6.09 Å². The lowest BCUT2D eigenvalue weighted by Gasteiger charge is -2.28. The topological polar surface area (TPSA) is 117 Å². The van der Waals surface area contributed by atoms with Crippen molar-refractivity contribution in [2.45, 2.75) is 32.2 Å². The lowest BCUT2D eigenvalue weighted by Crippen LogP contribution is -2.34. The van der Waals surface area contributed by atoms with E-state index in [1.807, 2.05) is 54.6 Å². The smallest absolute Gasteiger partial charge is 0.404 e. The molecule has 7 heteroatoms. The van der Waals surface area contributed by atoms with Gasteiger partial charge in [-0.1, -0.05) is 42.5 Å². The van der Waals surface area contributed by atoms with Crippen LogP contribution in [0.5, 0.6) is 0 Å². The van der Waals surface area contributed by atoms with Crippen LogP contribution in [0.25, 0.3) is 22.2 Å². The first kappa shape index (κ1) is 22.7. The van der Waals surface area contributed by atoms with Crippen LogP contribution in [-0.2, 0) is 6.54 Å². The predicted molar refractivity (Wildman–Crippen MR) is 129 cm³/mol. The molecule has 0 saturated heterocycles. The Hall–Kier alpha value is -3.45. The van der Waals surface area contributed by atoms with Crippen molar-refractivity contribution in [1.29, 1.82) is 0 Å². The molecule has 2 aromatic carbocycles. The van der Waals surface area contributed by atoms with Crippen molar-refractivity contribution in [1.82, 2.24) is 15.6 Å². The number of para-hydroxylation sites is 1. The van der Waals surface area contributed by atoms with Crippen LogP contribution < -0.4 is 16.4 Å². The number of benzene rings is 2. The summed E-state index contributed by atoms with van der Waals surface area (Å²) in [4.78, 5) is 28.7.